The van der Waals surface area contributed by atoms with Crippen molar-refractivity contribution in [3.63, 3.8) is 0 Å². The lowest BCUT2D eigenvalue weighted by Crippen LogP contribution is -2.11. The van der Waals surface area contributed by atoms with E-state index in [1.165, 1.54) is 5.56 Å². The van der Waals surface area contributed by atoms with Crippen molar-refractivity contribution in [1.82, 2.24) is 0 Å². The van der Waals surface area contributed by atoms with Crippen molar-refractivity contribution in [3.8, 4) is 11.1 Å². The molecule has 0 saturated carbocycles. The van der Waals surface area contributed by atoms with Gasteiger partial charge in [0, 0.05) is 9.67 Å². The van der Waals surface area contributed by atoms with Gasteiger partial charge in [0.2, 0.25) is 18.9 Å². The van der Waals surface area contributed by atoms with Gasteiger partial charge < -0.3 is 0 Å². The fourth-order valence-electron chi connectivity index (χ4n) is 3.14. The molecule has 3 rings (SSSR count). The summed E-state index contributed by atoms with van der Waals surface area (Å²) in [6.07, 6.45) is 0. The van der Waals surface area contributed by atoms with Crippen molar-refractivity contribution >= 4 is 5.78 Å². The van der Waals surface area contributed by atoms with E-state index in [1.54, 1.807) is 0 Å². The number of hydrogen-bond acceptors (Lipinski definition) is 2. The van der Waals surface area contributed by atoms with E-state index in [9.17, 15) is 9.70 Å². The van der Waals surface area contributed by atoms with Crippen LogP contribution in [-0.4, -0.2) is 23.6 Å². The minimum Gasteiger partial charge on any atom is -0.291 e. The summed E-state index contributed by atoms with van der Waals surface area (Å²) in [4.78, 5) is 23.6. The Hall–Kier alpha value is -2.29. The summed E-state index contributed by atoms with van der Waals surface area (Å²) in [5.74, 6) is -0.301. The minimum absolute atomic E-state index is 0.00195. The van der Waals surface area contributed by atoms with Gasteiger partial charge >= 0.3 is 0 Å². The number of nitrogens with zero attached hydrogens (tertiary/aromatic N) is 1. The Balaban J connectivity index is 2.01. The second-order valence-corrected chi connectivity index (χ2v) is 7.26. The maximum absolute atomic E-state index is 12.1. The Morgan fingerprint density at radius 2 is 1.65 bits per heavy atom. The van der Waals surface area contributed by atoms with E-state index in [0.29, 0.717) is 0 Å². The van der Waals surface area contributed by atoms with Crippen molar-refractivity contribution < 1.29 is 9.55 Å². The molecule has 1 heterocycles. The monoisotopic (exact) mass is 308 g/mol. The third-order valence-corrected chi connectivity index (χ3v) is 4.51. The molecule has 2 aromatic carbocycles. The summed E-state index contributed by atoms with van der Waals surface area (Å²) in [7, 11) is 0. The number of nitroso groups, excluding NO2 is 1. The van der Waals surface area contributed by atoms with Gasteiger partial charge in [-0.25, -0.2) is 0 Å². The van der Waals surface area contributed by atoms with E-state index in [0.717, 1.165) is 21.5 Å². The summed E-state index contributed by atoms with van der Waals surface area (Å²) in [5, 5.41) is 0. The topological polar surface area (TPSA) is 37.1 Å². The molecule has 1 fully saturated rings. The fraction of sp³-hybridized carbons (Fsp3) is 0.350. The van der Waals surface area contributed by atoms with Crippen LogP contribution >= 0.6 is 0 Å². The standard InChI is InChI=1S/C20H22NO2/c1-20(2,3)15-10-8-14(9-11-15)16-6-4-5-7-17(16)18-12-21(23)13-19(18)22/h4-11,18H,12-13H2,1-3H3/q+1. The maximum Gasteiger partial charge on any atom is 0.250 e. The van der Waals surface area contributed by atoms with Crippen molar-refractivity contribution in [2.24, 2.45) is 0 Å². The lowest BCUT2D eigenvalue weighted by Gasteiger charge is -2.19. The Labute approximate surface area is 136 Å². The predicted octanol–water partition coefficient (Wildman–Crippen LogP) is 4.10. The number of rotatable bonds is 2. The highest BCUT2D eigenvalue weighted by molar-refractivity contribution is 5.90. The Morgan fingerprint density at radius 3 is 2.22 bits per heavy atom. The molecule has 1 atom stereocenters. The highest BCUT2D eigenvalue weighted by atomic mass is 16.3. The zero-order valence-corrected chi connectivity index (χ0v) is 13.9. The number of ketones is 1. The van der Waals surface area contributed by atoms with Gasteiger partial charge in [0.15, 0.2) is 0 Å². The molecule has 1 aliphatic heterocycles. The number of hydrogen-bond donors (Lipinski definition) is 0. The molecule has 1 aliphatic rings. The molecule has 23 heavy (non-hydrogen) atoms. The molecule has 0 radical (unpaired) electrons. The van der Waals surface area contributed by atoms with Gasteiger partial charge in [0.05, 0.1) is 0 Å². The fourth-order valence-corrected chi connectivity index (χ4v) is 3.14. The van der Waals surface area contributed by atoms with Crippen LogP contribution < -0.4 is 0 Å². The van der Waals surface area contributed by atoms with Crippen LogP contribution in [0.25, 0.3) is 11.1 Å². The van der Waals surface area contributed by atoms with Crippen LogP contribution in [-0.2, 0) is 10.2 Å². The van der Waals surface area contributed by atoms with Gasteiger partial charge in [-0.15, -0.1) is 0 Å². The van der Waals surface area contributed by atoms with Crippen molar-refractivity contribution in [3.05, 3.63) is 64.6 Å². The molecule has 0 aliphatic carbocycles. The van der Waals surface area contributed by atoms with E-state index in [-0.39, 0.29) is 30.2 Å². The summed E-state index contributed by atoms with van der Waals surface area (Å²) in [6, 6.07) is 16.4. The van der Waals surface area contributed by atoms with E-state index < -0.39 is 0 Å². The number of carbonyl (C=O) groups excluding carboxylic acids is 1. The van der Waals surface area contributed by atoms with E-state index in [2.05, 4.69) is 45.0 Å². The number of Topliss-reactive ketones (excluding diaryl/α,β-unsaturated/α-hetero) is 1. The number of benzene rings is 2. The molecular formula is C20H22NO2+. The summed E-state index contributed by atoms with van der Waals surface area (Å²) >= 11 is 0. The Bertz CT molecular complexity index is 754. The molecule has 0 spiro atoms. The quantitative estimate of drug-likeness (QED) is 0.783. The normalized spacial score (nSPS) is 18.5. The van der Waals surface area contributed by atoms with E-state index in [1.807, 2.05) is 24.3 Å². The van der Waals surface area contributed by atoms with Gasteiger partial charge in [-0.2, -0.15) is 0 Å². The highest BCUT2D eigenvalue weighted by Crippen LogP contribution is 2.33. The number of carbonyl (C=O) groups is 1. The molecule has 1 unspecified atom stereocenters. The Kier molecular flexibility index (Phi) is 3.88. The lowest BCUT2D eigenvalue weighted by atomic mass is 9.85. The van der Waals surface area contributed by atoms with Gasteiger partial charge in [-0.1, -0.05) is 69.3 Å². The minimum atomic E-state index is -0.314. The third kappa shape index (κ3) is 3.09. The van der Waals surface area contributed by atoms with Crippen molar-refractivity contribution in [1.29, 1.82) is 0 Å². The first kappa shape index (κ1) is 15.6. The first-order valence-electron chi connectivity index (χ1n) is 8.01. The van der Waals surface area contributed by atoms with Gasteiger partial charge in [-0.05, 0) is 27.7 Å². The van der Waals surface area contributed by atoms with Crippen molar-refractivity contribution in [2.45, 2.75) is 32.1 Å². The average Bonchev–Trinajstić information content (AvgIpc) is 2.85. The van der Waals surface area contributed by atoms with Crippen LogP contribution in [0.2, 0.25) is 0 Å². The van der Waals surface area contributed by atoms with Crippen molar-refractivity contribution in [2.75, 3.05) is 13.1 Å². The predicted molar refractivity (Wildman–Crippen MR) is 91.7 cm³/mol. The molecule has 118 valence electrons. The molecule has 0 bridgehead atoms. The zero-order chi connectivity index (χ0) is 16.6. The maximum atomic E-state index is 12.1. The van der Waals surface area contributed by atoms with Crippen LogP contribution in [0.15, 0.2) is 48.5 Å². The van der Waals surface area contributed by atoms with Crippen LogP contribution in [0.1, 0.15) is 37.8 Å². The zero-order valence-electron chi connectivity index (χ0n) is 13.9. The first-order valence-corrected chi connectivity index (χ1v) is 8.01. The van der Waals surface area contributed by atoms with Crippen LogP contribution in [0, 0.1) is 4.91 Å². The SMILES string of the molecule is CC(C)(C)c1ccc(-c2ccccc2C2C[N+](=O)CC2=O)cc1. The molecule has 1 saturated heterocycles. The van der Waals surface area contributed by atoms with Gasteiger partial charge in [-0.3, -0.25) is 4.79 Å². The average molecular weight is 308 g/mol. The largest absolute Gasteiger partial charge is 0.291 e. The molecule has 0 amide bonds. The van der Waals surface area contributed by atoms with Crippen LogP contribution in [0.4, 0.5) is 0 Å². The first-order chi connectivity index (χ1) is 10.9. The molecular weight excluding hydrogens is 286 g/mol. The third-order valence-electron chi connectivity index (χ3n) is 4.51. The molecule has 3 nitrogen and oxygen atoms in total. The lowest BCUT2D eigenvalue weighted by molar-refractivity contribution is -0.524. The second-order valence-electron chi connectivity index (χ2n) is 7.26. The second kappa shape index (κ2) is 5.73. The Morgan fingerprint density at radius 1 is 1.00 bits per heavy atom. The molecule has 0 aromatic heterocycles. The van der Waals surface area contributed by atoms with Crippen LogP contribution in [0.3, 0.4) is 0 Å². The molecule has 0 N–H and O–H groups in total. The van der Waals surface area contributed by atoms with Crippen LogP contribution in [0.5, 0.6) is 0 Å². The summed E-state index contributed by atoms with van der Waals surface area (Å²) < 4.78 is 0.854. The van der Waals surface area contributed by atoms with Gasteiger partial charge in [0.25, 0.3) is 0 Å². The van der Waals surface area contributed by atoms with Gasteiger partial charge in [0.1, 0.15) is 5.92 Å². The summed E-state index contributed by atoms with van der Waals surface area (Å²) in [6.45, 7) is 6.83. The highest BCUT2D eigenvalue weighted by Gasteiger charge is 2.39. The molecule has 2 aromatic rings. The molecule has 3 heteroatoms. The summed E-state index contributed by atoms with van der Waals surface area (Å²) in [5.41, 5.74) is 4.48. The smallest absolute Gasteiger partial charge is 0.250 e. The van der Waals surface area contributed by atoms with E-state index in [4.69, 9.17) is 0 Å². The van der Waals surface area contributed by atoms with E-state index >= 15 is 0 Å².